The summed E-state index contributed by atoms with van der Waals surface area (Å²) in [7, 11) is 1.95. The van der Waals surface area contributed by atoms with E-state index in [0.717, 1.165) is 30.5 Å². The fourth-order valence-corrected chi connectivity index (χ4v) is 2.90. The maximum Gasteiger partial charge on any atom is 0.120 e. The molecule has 1 aromatic heterocycles. The summed E-state index contributed by atoms with van der Waals surface area (Å²) in [5, 5.41) is 3.15. The highest BCUT2D eigenvalue weighted by molar-refractivity contribution is 5.20. The zero-order valence-corrected chi connectivity index (χ0v) is 12.1. The van der Waals surface area contributed by atoms with E-state index < -0.39 is 0 Å². The summed E-state index contributed by atoms with van der Waals surface area (Å²) >= 11 is 0. The number of rotatable bonds is 4. The average Bonchev–Trinajstić information content (AvgIpc) is 2.64. The standard InChI is InChI=1S/C15H26N2O/c1-11-5-6-17(13(3)7-11)10-14-8-12(2)15(18-14)9-16-4/h8,11,13,16H,5-7,9-10H2,1-4H3. The third-order valence-electron chi connectivity index (χ3n) is 4.04. The lowest BCUT2D eigenvalue weighted by Crippen LogP contribution is -2.39. The first-order valence-electron chi connectivity index (χ1n) is 7.07. The molecular weight excluding hydrogens is 224 g/mol. The Morgan fingerprint density at radius 2 is 2.22 bits per heavy atom. The van der Waals surface area contributed by atoms with Crippen molar-refractivity contribution in [2.24, 2.45) is 5.92 Å². The highest BCUT2D eigenvalue weighted by Crippen LogP contribution is 2.25. The molecule has 0 saturated carbocycles. The van der Waals surface area contributed by atoms with Gasteiger partial charge < -0.3 is 9.73 Å². The Labute approximate surface area is 111 Å². The molecule has 1 aliphatic rings. The smallest absolute Gasteiger partial charge is 0.120 e. The van der Waals surface area contributed by atoms with Crippen molar-refractivity contribution in [1.29, 1.82) is 0 Å². The van der Waals surface area contributed by atoms with Crippen LogP contribution in [-0.2, 0) is 13.1 Å². The van der Waals surface area contributed by atoms with Crippen molar-refractivity contribution in [1.82, 2.24) is 10.2 Å². The monoisotopic (exact) mass is 250 g/mol. The van der Waals surface area contributed by atoms with Crippen LogP contribution >= 0.6 is 0 Å². The van der Waals surface area contributed by atoms with Gasteiger partial charge in [-0.05, 0) is 57.8 Å². The second kappa shape index (κ2) is 5.89. The van der Waals surface area contributed by atoms with E-state index >= 15 is 0 Å². The van der Waals surface area contributed by atoms with Crippen LogP contribution in [0.25, 0.3) is 0 Å². The maximum atomic E-state index is 5.93. The van der Waals surface area contributed by atoms with E-state index in [2.05, 4.69) is 37.1 Å². The van der Waals surface area contributed by atoms with Crippen LogP contribution in [0.1, 0.15) is 43.8 Å². The van der Waals surface area contributed by atoms with Crippen LogP contribution in [0.4, 0.5) is 0 Å². The molecule has 2 rings (SSSR count). The summed E-state index contributed by atoms with van der Waals surface area (Å²) in [5.74, 6) is 3.05. The molecule has 0 amide bonds. The fourth-order valence-electron chi connectivity index (χ4n) is 2.90. The lowest BCUT2D eigenvalue weighted by atomic mass is 9.93. The molecule has 1 aromatic rings. The SMILES string of the molecule is CNCc1oc(CN2CCC(C)CC2C)cc1C. The summed E-state index contributed by atoms with van der Waals surface area (Å²) in [6, 6.07) is 2.86. The normalized spacial score (nSPS) is 25.6. The Balaban J connectivity index is 1.98. The van der Waals surface area contributed by atoms with Crippen molar-refractivity contribution in [3.63, 3.8) is 0 Å². The summed E-state index contributed by atoms with van der Waals surface area (Å²) in [4.78, 5) is 2.54. The van der Waals surface area contributed by atoms with Crippen molar-refractivity contribution in [3.05, 3.63) is 23.2 Å². The number of nitrogens with one attached hydrogen (secondary N) is 1. The van der Waals surface area contributed by atoms with Gasteiger partial charge in [0.05, 0.1) is 13.1 Å². The van der Waals surface area contributed by atoms with Gasteiger partial charge in [-0.25, -0.2) is 0 Å². The molecule has 3 nitrogen and oxygen atoms in total. The molecule has 0 spiro atoms. The van der Waals surface area contributed by atoms with Gasteiger partial charge in [-0.15, -0.1) is 0 Å². The third kappa shape index (κ3) is 3.15. The van der Waals surface area contributed by atoms with E-state index in [1.165, 1.54) is 24.9 Å². The maximum absolute atomic E-state index is 5.93. The van der Waals surface area contributed by atoms with E-state index in [9.17, 15) is 0 Å². The molecule has 2 unspecified atom stereocenters. The van der Waals surface area contributed by atoms with E-state index in [-0.39, 0.29) is 0 Å². The van der Waals surface area contributed by atoms with Gasteiger partial charge in [0.25, 0.3) is 0 Å². The summed E-state index contributed by atoms with van der Waals surface area (Å²) in [6.07, 6.45) is 2.62. The van der Waals surface area contributed by atoms with Gasteiger partial charge in [0.15, 0.2) is 0 Å². The summed E-state index contributed by atoms with van der Waals surface area (Å²) in [6.45, 7) is 9.79. The van der Waals surface area contributed by atoms with Crippen LogP contribution in [0.2, 0.25) is 0 Å². The van der Waals surface area contributed by atoms with E-state index in [1.54, 1.807) is 0 Å². The van der Waals surface area contributed by atoms with Crippen molar-refractivity contribution >= 4 is 0 Å². The topological polar surface area (TPSA) is 28.4 Å². The molecule has 2 atom stereocenters. The Hall–Kier alpha value is -0.800. The molecule has 0 bridgehead atoms. The molecule has 0 radical (unpaired) electrons. The van der Waals surface area contributed by atoms with Crippen LogP contribution in [0.5, 0.6) is 0 Å². The van der Waals surface area contributed by atoms with Crippen molar-refractivity contribution in [2.75, 3.05) is 13.6 Å². The number of nitrogens with zero attached hydrogens (tertiary/aromatic N) is 1. The zero-order valence-electron chi connectivity index (χ0n) is 12.1. The number of hydrogen-bond donors (Lipinski definition) is 1. The molecule has 1 fully saturated rings. The molecular formula is C15H26N2O. The lowest BCUT2D eigenvalue weighted by molar-refractivity contribution is 0.113. The molecule has 0 aliphatic carbocycles. The van der Waals surface area contributed by atoms with Crippen molar-refractivity contribution < 1.29 is 4.42 Å². The Kier molecular flexibility index (Phi) is 4.46. The predicted octanol–water partition coefficient (Wildman–Crippen LogP) is 2.93. The molecule has 0 aromatic carbocycles. The fraction of sp³-hybridized carbons (Fsp3) is 0.733. The quantitative estimate of drug-likeness (QED) is 0.890. The Morgan fingerprint density at radius 1 is 1.44 bits per heavy atom. The molecule has 1 aliphatic heterocycles. The Morgan fingerprint density at radius 3 is 2.89 bits per heavy atom. The summed E-state index contributed by atoms with van der Waals surface area (Å²) < 4.78 is 5.93. The van der Waals surface area contributed by atoms with Crippen LogP contribution in [0.3, 0.4) is 0 Å². The van der Waals surface area contributed by atoms with Gasteiger partial charge in [-0.3, -0.25) is 4.90 Å². The van der Waals surface area contributed by atoms with Gasteiger partial charge in [0, 0.05) is 6.04 Å². The number of likely N-dealkylation sites (tertiary alicyclic amines) is 1. The van der Waals surface area contributed by atoms with E-state index in [1.807, 2.05) is 7.05 Å². The van der Waals surface area contributed by atoms with Crippen molar-refractivity contribution in [2.45, 2.75) is 52.7 Å². The molecule has 1 saturated heterocycles. The van der Waals surface area contributed by atoms with Gasteiger partial charge in [0.1, 0.15) is 11.5 Å². The molecule has 1 N–H and O–H groups in total. The van der Waals surface area contributed by atoms with Crippen molar-refractivity contribution in [3.8, 4) is 0 Å². The van der Waals surface area contributed by atoms with Gasteiger partial charge in [0.2, 0.25) is 0 Å². The van der Waals surface area contributed by atoms with Crippen LogP contribution in [-0.4, -0.2) is 24.5 Å². The highest BCUT2D eigenvalue weighted by Gasteiger charge is 2.23. The minimum Gasteiger partial charge on any atom is -0.463 e. The lowest BCUT2D eigenvalue weighted by Gasteiger charge is -2.35. The average molecular weight is 250 g/mol. The first-order valence-corrected chi connectivity index (χ1v) is 7.07. The first-order chi connectivity index (χ1) is 8.60. The second-order valence-corrected chi connectivity index (χ2v) is 5.80. The van der Waals surface area contributed by atoms with Gasteiger partial charge in [-0.2, -0.15) is 0 Å². The number of hydrogen-bond acceptors (Lipinski definition) is 3. The molecule has 102 valence electrons. The summed E-state index contributed by atoms with van der Waals surface area (Å²) in [5.41, 5.74) is 1.26. The highest BCUT2D eigenvalue weighted by atomic mass is 16.3. The van der Waals surface area contributed by atoms with Crippen LogP contribution in [0.15, 0.2) is 10.5 Å². The number of aryl methyl sites for hydroxylation is 1. The van der Waals surface area contributed by atoms with Gasteiger partial charge in [-0.1, -0.05) is 6.92 Å². The van der Waals surface area contributed by atoms with E-state index in [0.29, 0.717) is 6.04 Å². The van der Waals surface area contributed by atoms with Crippen LogP contribution in [0, 0.1) is 12.8 Å². The number of piperidine rings is 1. The minimum atomic E-state index is 0.673. The third-order valence-corrected chi connectivity index (χ3v) is 4.04. The first kappa shape index (κ1) is 13.6. The van der Waals surface area contributed by atoms with Crippen LogP contribution < -0.4 is 5.32 Å². The largest absolute Gasteiger partial charge is 0.463 e. The molecule has 18 heavy (non-hydrogen) atoms. The Bertz CT molecular complexity index is 386. The van der Waals surface area contributed by atoms with Gasteiger partial charge >= 0.3 is 0 Å². The van der Waals surface area contributed by atoms with E-state index in [4.69, 9.17) is 4.42 Å². The predicted molar refractivity (Wildman–Crippen MR) is 74.5 cm³/mol. The molecule has 2 heterocycles. The zero-order chi connectivity index (χ0) is 13.1. The second-order valence-electron chi connectivity index (χ2n) is 5.80. The minimum absolute atomic E-state index is 0.673. The molecule has 3 heteroatoms. The number of furan rings is 1.